The van der Waals surface area contributed by atoms with Crippen LogP contribution < -0.4 is 5.32 Å². The summed E-state index contributed by atoms with van der Waals surface area (Å²) in [5.74, 6) is -0.159. The van der Waals surface area contributed by atoms with Gasteiger partial charge in [-0.1, -0.05) is 0 Å². The highest BCUT2D eigenvalue weighted by atomic mass is 16.2. The van der Waals surface area contributed by atoms with Gasteiger partial charge in [0.15, 0.2) is 0 Å². The monoisotopic (exact) mass is 241 g/mol. The van der Waals surface area contributed by atoms with Gasteiger partial charge in [-0.3, -0.25) is 14.5 Å². The Kier molecular flexibility index (Phi) is 4.51. The molecule has 0 aromatic rings. The highest BCUT2D eigenvalue weighted by molar-refractivity contribution is 5.86. The van der Waals surface area contributed by atoms with Crippen LogP contribution in [0.4, 0.5) is 0 Å². The predicted molar refractivity (Wildman–Crippen MR) is 66.5 cm³/mol. The quantitative estimate of drug-likeness (QED) is 0.744. The lowest BCUT2D eigenvalue weighted by molar-refractivity contribution is -0.140. The van der Waals surface area contributed by atoms with Gasteiger partial charge in [0.2, 0.25) is 11.8 Å². The third kappa shape index (κ3) is 3.19. The summed E-state index contributed by atoms with van der Waals surface area (Å²) in [6.45, 7) is 8.94. The van der Waals surface area contributed by atoms with Crippen LogP contribution in [0, 0.1) is 0 Å². The SMILES string of the molecule is CC(=O)NC(C)C(=O)N1CCN(C)C(C)C1C. The summed E-state index contributed by atoms with van der Waals surface area (Å²) in [6, 6.07) is 0.0836. The van der Waals surface area contributed by atoms with Gasteiger partial charge in [0.05, 0.1) is 0 Å². The Balaban J connectivity index is 2.66. The van der Waals surface area contributed by atoms with Crippen molar-refractivity contribution in [1.29, 1.82) is 0 Å². The van der Waals surface area contributed by atoms with Gasteiger partial charge in [-0.25, -0.2) is 0 Å². The first kappa shape index (κ1) is 14.0. The molecule has 17 heavy (non-hydrogen) atoms. The van der Waals surface area contributed by atoms with Crippen molar-refractivity contribution in [1.82, 2.24) is 15.1 Å². The van der Waals surface area contributed by atoms with E-state index < -0.39 is 6.04 Å². The van der Waals surface area contributed by atoms with Crippen molar-refractivity contribution in [3.8, 4) is 0 Å². The Bertz CT molecular complexity index is 306. The summed E-state index contributed by atoms with van der Waals surface area (Å²) in [6.07, 6.45) is 0. The van der Waals surface area contributed by atoms with Crippen molar-refractivity contribution < 1.29 is 9.59 Å². The number of rotatable bonds is 2. The van der Waals surface area contributed by atoms with Crippen molar-refractivity contribution in [3.05, 3.63) is 0 Å². The molecule has 2 amide bonds. The van der Waals surface area contributed by atoms with Gasteiger partial charge < -0.3 is 10.2 Å². The van der Waals surface area contributed by atoms with Crippen molar-refractivity contribution in [2.75, 3.05) is 20.1 Å². The predicted octanol–water partition coefficient (Wildman–Crippen LogP) is 0.0620. The Morgan fingerprint density at radius 2 is 1.82 bits per heavy atom. The molecule has 1 aliphatic rings. The number of nitrogens with zero attached hydrogens (tertiary/aromatic N) is 2. The molecule has 1 aliphatic heterocycles. The van der Waals surface area contributed by atoms with E-state index in [1.54, 1.807) is 6.92 Å². The molecular weight excluding hydrogens is 218 g/mol. The summed E-state index contributed by atoms with van der Waals surface area (Å²) >= 11 is 0. The number of carbonyl (C=O) groups is 2. The van der Waals surface area contributed by atoms with E-state index in [-0.39, 0.29) is 17.9 Å². The molecule has 0 radical (unpaired) electrons. The first-order chi connectivity index (χ1) is 7.84. The fourth-order valence-electron chi connectivity index (χ4n) is 2.23. The number of likely N-dealkylation sites (N-methyl/N-ethyl adjacent to an activating group) is 1. The lowest BCUT2D eigenvalue weighted by Crippen LogP contribution is -2.60. The Hall–Kier alpha value is -1.10. The van der Waals surface area contributed by atoms with Gasteiger partial charge in [0.1, 0.15) is 6.04 Å². The van der Waals surface area contributed by atoms with Crippen LogP contribution in [0.15, 0.2) is 0 Å². The van der Waals surface area contributed by atoms with Crippen molar-refractivity contribution >= 4 is 11.8 Å². The molecule has 1 fully saturated rings. The maximum atomic E-state index is 12.2. The zero-order chi connectivity index (χ0) is 13.2. The van der Waals surface area contributed by atoms with Crippen LogP contribution in [0.25, 0.3) is 0 Å². The molecule has 0 aliphatic carbocycles. The third-order valence-corrected chi connectivity index (χ3v) is 3.65. The molecule has 98 valence electrons. The van der Waals surface area contributed by atoms with Crippen molar-refractivity contribution in [2.24, 2.45) is 0 Å². The average molecular weight is 241 g/mol. The van der Waals surface area contributed by atoms with Crippen LogP contribution >= 0.6 is 0 Å². The minimum Gasteiger partial charge on any atom is -0.345 e. The first-order valence-corrected chi connectivity index (χ1v) is 6.12. The highest BCUT2D eigenvalue weighted by Crippen LogP contribution is 2.16. The second-order valence-electron chi connectivity index (χ2n) is 4.92. The fourth-order valence-corrected chi connectivity index (χ4v) is 2.23. The lowest BCUT2D eigenvalue weighted by atomic mass is 10.0. The molecule has 3 unspecified atom stereocenters. The molecular formula is C12H23N3O2. The second-order valence-corrected chi connectivity index (χ2v) is 4.92. The Morgan fingerprint density at radius 3 is 2.35 bits per heavy atom. The van der Waals surface area contributed by atoms with Crippen LogP contribution in [0.1, 0.15) is 27.7 Å². The van der Waals surface area contributed by atoms with E-state index in [1.165, 1.54) is 6.92 Å². The summed E-state index contributed by atoms with van der Waals surface area (Å²) in [4.78, 5) is 27.3. The van der Waals surface area contributed by atoms with E-state index >= 15 is 0 Å². The molecule has 1 rings (SSSR count). The van der Waals surface area contributed by atoms with E-state index in [0.29, 0.717) is 6.04 Å². The number of piperazine rings is 1. The van der Waals surface area contributed by atoms with Gasteiger partial charge in [-0.05, 0) is 27.8 Å². The zero-order valence-corrected chi connectivity index (χ0v) is 11.4. The largest absolute Gasteiger partial charge is 0.345 e. The molecule has 1 N–H and O–H groups in total. The highest BCUT2D eigenvalue weighted by Gasteiger charge is 2.33. The average Bonchev–Trinajstić information content (AvgIpc) is 2.24. The van der Waals surface area contributed by atoms with Crippen LogP contribution in [-0.4, -0.2) is 59.9 Å². The maximum Gasteiger partial charge on any atom is 0.245 e. The minimum atomic E-state index is -0.439. The smallest absolute Gasteiger partial charge is 0.245 e. The summed E-state index contributed by atoms with van der Waals surface area (Å²) in [5.41, 5.74) is 0. The number of nitrogens with one attached hydrogen (secondary N) is 1. The normalized spacial score (nSPS) is 27.7. The van der Waals surface area contributed by atoms with Gasteiger partial charge >= 0.3 is 0 Å². The van der Waals surface area contributed by atoms with Gasteiger partial charge in [0.25, 0.3) is 0 Å². The van der Waals surface area contributed by atoms with E-state index in [0.717, 1.165) is 13.1 Å². The second kappa shape index (κ2) is 5.49. The summed E-state index contributed by atoms with van der Waals surface area (Å²) in [7, 11) is 2.07. The fraction of sp³-hybridized carbons (Fsp3) is 0.833. The topological polar surface area (TPSA) is 52.7 Å². The van der Waals surface area contributed by atoms with Crippen LogP contribution in [-0.2, 0) is 9.59 Å². The van der Waals surface area contributed by atoms with Crippen LogP contribution in [0.3, 0.4) is 0 Å². The maximum absolute atomic E-state index is 12.2. The molecule has 0 aromatic heterocycles. The van der Waals surface area contributed by atoms with E-state index in [2.05, 4.69) is 31.1 Å². The van der Waals surface area contributed by atoms with Crippen molar-refractivity contribution in [3.63, 3.8) is 0 Å². The summed E-state index contributed by atoms with van der Waals surface area (Å²) < 4.78 is 0. The molecule has 1 saturated heterocycles. The molecule has 5 nitrogen and oxygen atoms in total. The standard InChI is InChI=1S/C12H23N3O2/c1-8(13-11(4)16)12(17)15-7-6-14(5)9(2)10(15)3/h8-10H,6-7H2,1-5H3,(H,13,16). The van der Waals surface area contributed by atoms with Crippen LogP contribution in [0.2, 0.25) is 0 Å². The van der Waals surface area contributed by atoms with Crippen LogP contribution in [0.5, 0.6) is 0 Å². The number of carbonyl (C=O) groups excluding carboxylic acids is 2. The molecule has 3 atom stereocenters. The molecule has 0 bridgehead atoms. The minimum absolute atomic E-state index is 0.00708. The molecule has 1 heterocycles. The van der Waals surface area contributed by atoms with Gasteiger partial charge in [0, 0.05) is 32.1 Å². The Morgan fingerprint density at radius 1 is 1.24 bits per heavy atom. The number of amides is 2. The van der Waals surface area contributed by atoms with E-state index in [1.807, 2.05) is 4.90 Å². The number of hydrogen-bond acceptors (Lipinski definition) is 3. The number of hydrogen-bond donors (Lipinski definition) is 1. The van der Waals surface area contributed by atoms with Gasteiger partial charge in [-0.15, -0.1) is 0 Å². The lowest BCUT2D eigenvalue weighted by Gasteiger charge is -2.44. The first-order valence-electron chi connectivity index (χ1n) is 6.12. The molecule has 0 saturated carbocycles. The summed E-state index contributed by atoms with van der Waals surface area (Å²) in [5, 5.41) is 2.64. The van der Waals surface area contributed by atoms with Gasteiger partial charge in [-0.2, -0.15) is 0 Å². The molecule has 0 aromatic carbocycles. The Labute approximate surface area is 103 Å². The van der Waals surface area contributed by atoms with E-state index in [9.17, 15) is 9.59 Å². The zero-order valence-electron chi connectivity index (χ0n) is 11.4. The van der Waals surface area contributed by atoms with Crippen molar-refractivity contribution in [2.45, 2.75) is 45.8 Å². The van der Waals surface area contributed by atoms with E-state index in [4.69, 9.17) is 0 Å². The third-order valence-electron chi connectivity index (χ3n) is 3.65. The molecule has 5 heteroatoms. The molecule has 0 spiro atoms.